The van der Waals surface area contributed by atoms with E-state index in [9.17, 15) is 0 Å². The van der Waals surface area contributed by atoms with Gasteiger partial charge in [-0.05, 0) is 71.4 Å². The zero-order chi connectivity index (χ0) is 13.2. The first-order valence-electron chi connectivity index (χ1n) is 7.69. The van der Waals surface area contributed by atoms with Crippen LogP contribution >= 0.6 is 27.3 Å². The fourth-order valence-electron chi connectivity index (χ4n) is 4.32. The lowest BCUT2D eigenvalue weighted by Gasteiger charge is -2.41. The van der Waals surface area contributed by atoms with E-state index >= 15 is 0 Å². The molecule has 3 heteroatoms. The Bertz CT molecular complexity index is 417. The van der Waals surface area contributed by atoms with Gasteiger partial charge in [0.1, 0.15) is 0 Å². The van der Waals surface area contributed by atoms with Crippen molar-refractivity contribution in [3.8, 4) is 0 Å². The van der Waals surface area contributed by atoms with E-state index in [1.807, 2.05) is 11.3 Å². The van der Waals surface area contributed by atoms with Crippen LogP contribution in [0.3, 0.4) is 0 Å². The highest BCUT2D eigenvalue weighted by Crippen LogP contribution is 2.47. The zero-order valence-corrected chi connectivity index (χ0v) is 14.1. The SMILES string of the molecule is CNC(c1sccc1Br)C1CCC2CCCCC2C1. The molecular formula is C16H24BrNS. The van der Waals surface area contributed by atoms with Gasteiger partial charge in [0.15, 0.2) is 0 Å². The molecule has 2 saturated carbocycles. The van der Waals surface area contributed by atoms with Crippen LogP contribution < -0.4 is 5.32 Å². The summed E-state index contributed by atoms with van der Waals surface area (Å²) in [6.45, 7) is 0. The number of nitrogens with one attached hydrogen (secondary N) is 1. The minimum Gasteiger partial charge on any atom is -0.312 e. The topological polar surface area (TPSA) is 12.0 Å². The van der Waals surface area contributed by atoms with E-state index in [-0.39, 0.29) is 0 Å². The van der Waals surface area contributed by atoms with Crippen molar-refractivity contribution in [3.05, 3.63) is 20.8 Å². The molecule has 1 nitrogen and oxygen atoms in total. The van der Waals surface area contributed by atoms with Gasteiger partial charge in [0.05, 0.1) is 0 Å². The Hall–Kier alpha value is 0.140. The average molecular weight is 342 g/mol. The molecule has 1 aromatic rings. The van der Waals surface area contributed by atoms with Crippen LogP contribution in [0, 0.1) is 17.8 Å². The highest BCUT2D eigenvalue weighted by molar-refractivity contribution is 9.10. The second kappa shape index (κ2) is 6.28. The maximum Gasteiger partial charge on any atom is 0.0452 e. The number of halogens is 1. The van der Waals surface area contributed by atoms with Crippen LogP contribution in [0.25, 0.3) is 0 Å². The molecule has 4 atom stereocenters. The predicted octanol–water partition coefficient (Wildman–Crippen LogP) is 5.38. The molecule has 0 aromatic carbocycles. The van der Waals surface area contributed by atoms with Gasteiger partial charge in [0.2, 0.25) is 0 Å². The van der Waals surface area contributed by atoms with Crippen LogP contribution in [0.15, 0.2) is 15.9 Å². The molecule has 0 spiro atoms. The summed E-state index contributed by atoms with van der Waals surface area (Å²) in [7, 11) is 2.13. The van der Waals surface area contributed by atoms with Crippen molar-refractivity contribution >= 4 is 27.3 Å². The molecule has 0 radical (unpaired) electrons. The fourth-order valence-corrected chi connectivity index (χ4v) is 6.14. The van der Waals surface area contributed by atoms with Crippen molar-refractivity contribution in [1.29, 1.82) is 0 Å². The molecule has 106 valence electrons. The number of rotatable bonds is 3. The number of hydrogen-bond acceptors (Lipinski definition) is 2. The molecule has 4 unspecified atom stereocenters. The fraction of sp³-hybridized carbons (Fsp3) is 0.750. The molecule has 0 bridgehead atoms. The minimum absolute atomic E-state index is 0.553. The maximum absolute atomic E-state index is 3.71. The molecule has 1 aromatic heterocycles. The highest BCUT2D eigenvalue weighted by atomic mass is 79.9. The summed E-state index contributed by atoms with van der Waals surface area (Å²) in [5.41, 5.74) is 0. The second-order valence-corrected chi connectivity index (χ2v) is 8.08. The molecular weight excluding hydrogens is 318 g/mol. The van der Waals surface area contributed by atoms with Crippen molar-refractivity contribution in [2.45, 2.75) is 51.0 Å². The Balaban J connectivity index is 1.72. The van der Waals surface area contributed by atoms with Crippen LogP contribution in [0.2, 0.25) is 0 Å². The summed E-state index contributed by atoms with van der Waals surface area (Å²) in [4.78, 5) is 1.50. The summed E-state index contributed by atoms with van der Waals surface area (Å²) >= 11 is 5.61. The molecule has 2 aliphatic rings. The van der Waals surface area contributed by atoms with E-state index in [1.165, 1.54) is 54.3 Å². The lowest BCUT2D eigenvalue weighted by Crippen LogP contribution is -2.34. The van der Waals surface area contributed by atoms with Gasteiger partial charge < -0.3 is 5.32 Å². The van der Waals surface area contributed by atoms with Gasteiger partial charge in [-0.2, -0.15) is 0 Å². The third-order valence-electron chi connectivity index (χ3n) is 5.29. The van der Waals surface area contributed by atoms with Gasteiger partial charge in [0, 0.05) is 15.4 Å². The first-order valence-corrected chi connectivity index (χ1v) is 9.37. The summed E-state index contributed by atoms with van der Waals surface area (Å²) < 4.78 is 1.29. The maximum atomic E-state index is 3.71. The Labute approximate surface area is 129 Å². The third kappa shape index (κ3) is 2.93. The van der Waals surface area contributed by atoms with Crippen molar-refractivity contribution in [2.24, 2.45) is 17.8 Å². The normalized spacial score (nSPS) is 32.8. The summed E-state index contributed by atoms with van der Waals surface area (Å²) in [6, 6.07) is 2.74. The molecule has 0 aliphatic heterocycles. The van der Waals surface area contributed by atoms with Crippen molar-refractivity contribution in [3.63, 3.8) is 0 Å². The average Bonchev–Trinajstić information content (AvgIpc) is 2.86. The van der Waals surface area contributed by atoms with Crippen LogP contribution in [-0.4, -0.2) is 7.05 Å². The van der Waals surface area contributed by atoms with E-state index in [0.29, 0.717) is 6.04 Å². The van der Waals surface area contributed by atoms with E-state index in [2.05, 4.69) is 39.7 Å². The zero-order valence-electron chi connectivity index (χ0n) is 11.7. The van der Waals surface area contributed by atoms with Crippen molar-refractivity contribution in [2.75, 3.05) is 7.05 Å². The lowest BCUT2D eigenvalue weighted by molar-refractivity contribution is 0.112. The van der Waals surface area contributed by atoms with Gasteiger partial charge in [0.25, 0.3) is 0 Å². The summed E-state index contributed by atoms with van der Waals surface area (Å²) in [6.07, 6.45) is 10.3. The number of thiophene rings is 1. The Morgan fingerprint density at radius 3 is 2.68 bits per heavy atom. The minimum atomic E-state index is 0.553. The molecule has 19 heavy (non-hydrogen) atoms. The first kappa shape index (κ1) is 14.1. The second-order valence-electron chi connectivity index (χ2n) is 6.28. The van der Waals surface area contributed by atoms with Gasteiger partial charge in [-0.15, -0.1) is 11.3 Å². The van der Waals surface area contributed by atoms with E-state index < -0.39 is 0 Å². The smallest absolute Gasteiger partial charge is 0.0452 e. The quantitative estimate of drug-likeness (QED) is 0.778. The Morgan fingerprint density at radius 1 is 1.21 bits per heavy atom. The molecule has 0 amide bonds. The van der Waals surface area contributed by atoms with E-state index in [1.54, 1.807) is 0 Å². The molecule has 0 saturated heterocycles. The summed E-state index contributed by atoms with van der Waals surface area (Å²) in [5, 5.41) is 5.80. The van der Waals surface area contributed by atoms with Crippen LogP contribution in [0.4, 0.5) is 0 Å². The van der Waals surface area contributed by atoms with Crippen LogP contribution in [0.1, 0.15) is 55.9 Å². The monoisotopic (exact) mass is 341 g/mol. The molecule has 2 aliphatic carbocycles. The lowest BCUT2D eigenvalue weighted by atomic mass is 9.66. The Morgan fingerprint density at radius 2 is 2.00 bits per heavy atom. The van der Waals surface area contributed by atoms with Crippen LogP contribution in [-0.2, 0) is 0 Å². The molecule has 3 rings (SSSR count). The third-order valence-corrected chi connectivity index (χ3v) is 7.24. The molecule has 1 N–H and O–H groups in total. The number of hydrogen-bond donors (Lipinski definition) is 1. The van der Waals surface area contributed by atoms with E-state index in [4.69, 9.17) is 0 Å². The van der Waals surface area contributed by atoms with Gasteiger partial charge in [-0.25, -0.2) is 0 Å². The molecule has 1 heterocycles. The Kier molecular flexibility index (Phi) is 4.66. The number of fused-ring (bicyclic) bond motifs is 1. The van der Waals surface area contributed by atoms with Crippen LogP contribution in [0.5, 0.6) is 0 Å². The summed E-state index contributed by atoms with van der Waals surface area (Å²) in [5.74, 6) is 2.90. The standard InChI is InChI=1S/C16H24BrNS/c1-18-15(16-14(17)8-9-19-16)13-7-6-11-4-2-3-5-12(11)10-13/h8-9,11-13,15,18H,2-7,10H2,1H3. The first-order chi connectivity index (χ1) is 9.29. The van der Waals surface area contributed by atoms with Gasteiger partial charge >= 0.3 is 0 Å². The largest absolute Gasteiger partial charge is 0.312 e. The van der Waals surface area contributed by atoms with E-state index in [0.717, 1.165) is 17.8 Å². The molecule has 2 fully saturated rings. The predicted molar refractivity (Wildman–Crippen MR) is 86.6 cm³/mol. The highest BCUT2D eigenvalue weighted by Gasteiger charge is 2.36. The van der Waals surface area contributed by atoms with Crippen molar-refractivity contribution in [1.82, 2.24) is 5.32 Å². The van der Waals surface area contributed by atoms with Crippen molar-refractivity contribution < 1.29 is 0 Å². The van der Waals surface area contributed by atoms with Gasteiger partial charge in [-0.1, -0.05) is 25.7 Å². The van der Waals surface area contributed by atoms with Gasteiger partial charge in [-0.3, -0.25) is 0 Å².